The molecule has 0 aliphatic rings. The van der Waals surface area contributed by atoms with E-state index in [1.165, 1.54) is 36.9 Å². The first kappa shape index (κ1) is 15.3. The van der Waals surface area contributed by atoms with Gasteiger partial charge in [0.1, 0.15) is 10.0 Å². The molecule has 0 atom stereocenters. The molecule has 0 amide bonds. The van der Waals surface area contributed by atoms with Gasteiger partial charge in [-0.15, -0.1) is 0 Å². The molecule has 1 N–H and O–H groups in total. The molecule has 112 valence electrons. The van der Waals surface area contributed by atoms with E-state index in [1.807, 2.05) is 0 Å². The lowest BCUT2D eigenvalue weighted by Crippen LogP contribution is -2.14. The Morgan fingerprint density at radius 2 is 2.10 bits per heavy atom. The number of sulfonamides is 1. The number of benzene rings is 1. The summed E-state index contributed by atoms with van der Waals surface area (Å²) in [6, 6.07) is 5.18. The van der Waals surface area contributed by atoms with Crippen molar-refractivity contribution in [2.24, 2.45) is 7.05 Å². The summed E-state index contributed by atoms with van der Waals surface area (Å²) in [4.78, 5) is 9.93. The summed E-state index contributed by atoms with van der Waals surface area (Å²) < 4.78 is 28.1. The highest BCUT2D eigenvalue weighted by Crippen LogP contribution is 2.27. The van der Waals surface area contributed by atoms with Gasteiger partial charge in [-0.2, -0.15) is 5.10 Å². The lowest BCUT2D eigenvalue weighted by Gasteiger charge is -2.07. The van der Waals surface area contributed by atoms with E-state index in [0.717, 1.165) is 6.07 Å². The van der Waals surface area contributed by atoms with Crippen LogP contribution in [0.5, 0.6) is 0 Å². The number of nitrogens with zero attached hydrogens (tertiary/aromatic N) is 3. The van der Waals surface area contributed by atoms with E-state index in [0.29, 0.717) is 0 Å². The topological polar surface area (TPSA) is 107 Å². The first-order valence-electron chi connectivity index (χ1n) is 5.69. The van der Waals surface area contributed by atoms with Crippen LogP contribution in [0.4, 0.5) is 11.4 Å². The number of aromatic nitrogens is 2. The Morgan fingerprint density at radius 3 is 2.62 bits per heavy atom. The van der Waals surface area contributed by atoms with Gasteiger partial charge in [0.25, 0.3) is 15.7 Å². The van der Waals surface area contributed by atoms with Crippen molar-refractivity contribution in [2.45, 2.75) is 11.8 Å². The van der Waals surface area contributed by atoms with Crippen LogP contribution in [0.25, 0.3) is 0 Å². The molecule has 1 aromatic heterocycles. The second-order valence-corrected chi connectivity index (χ2v) is 6.22. The normalized spacial score (nSPS) is 11.4. The van der Waals surface area contributed by atoms with Gasteiger partial charge in [-0.1, -0.05) is 17.7 Å². The van der Waals surface area contributed by atoms with Crippen LogP contribution in [-0.2, 0) is 17.1 Å². The van der Waals surface area contributed by atoms with Crippen molar-refractivity contribution in [1.82, 2.24) is 9.78 Å². The summed E-state index contributed by atoms with van der Waals surface area (Å²) in [7, 11) is -2.47. The fourth-order valence-electron chi connectivity index (χ4n) is 1.81. The first-order chi connectivity index (χ1) is 9.72. The fourth-order valence-corrected chi connectivity index (χ4v) is 3.61. The Kier molecular flexibility index (Phi) is 3.88. The molecular weight excluding hydrogens is 320 g/mol. The number of hydrogen-bond donors (Lipinski definition) is 1. The number of nitro groups is 1. The van der Waals surface area contributed by atoms with Crippen LogP contribution in [-0.4, -0.2) is 23.1 Å². The van der Waals surface area contributed by atoms with Crippen LogP contribution in [0.2, 0.25) is 5.15 Å². The van der Waals surface area contributed by atoms with Crippen molar-refractivity contribution < 1.29 is 13.3 Å². The molecule has 0 fully saturated rings. The maximum Gasteiger partial charge on any atom is 0.271 e. The van der Waals surface area contributed by atoms with E-state index in [2.05, 4.69) is 9.82 Å². The number of anilines is 1. The molecule has 1 aromatic carbocycles. The summed E-state index contributed by atoms with van der Waals surface area (Å²) in [6.45, 7) is 1.51. The number of nitrogens with one attached hydrogen (secondary N) is 1. The second-order valence-electron chi connectivity index (χ2n) is 4.24. The number of aryl methyl sites for hydroxylation is 2. The molecule has 10 heteroatoms. The minimum Gasteiger partial charge on any atom is -0.279 e. The largest absolute Gasteiger partial charge is 0.279 e. The van der Waals surface area contributed by atoms with Crippen LogP contribution in [0.15, 0.2) is 29.2 Å². The van der Waals surface area contributed by atoms with Gasteiger partial charge in [0.05, 0.1) is 16.3 Å². The monoisotopic (exact) mass is 330 g/mol. The summed E-state index contributed by atoms with van der Waals surface area (Å²) in [5.41, 5.74) is 0.0909. The molecule has 2 aromatic rings. The summed E-state index contributed by atoms with van der Waals surface area (Å²) in [5.74, 6) is 0. The smallest absolute Gasteiger partial charge is 0.271 e. The van der Waals surface area contributed by atoms with E-state index in [-0.39, 0.29) is 27.1 Å². The van der Waals surface area contributed by atoms with Crippen molar-refractivity contribution >= 4 is 33.0 Å². The minimum absolute atomic E-state index is 0.0366. The van der Waals surface area contributed by atoms with E-state index in [4.69, 9.17) is 11.6 Å². The molecule has 0 bridgehead atoms. The van der Waals surface area contributed by atoms with Crippen molar-refractivity contribution in [2.75, 3.05) is 4.72 Å². The Balaban J connectivity index is 2.42. The van der Waals surface area contributed by atoms with E-state index >= 15 is 0 Å². The zero-order chi connectivity index (χ0) is 15.8. The average molecular weight is 331 g/mol. The predicted octanol–water partition coefficient (Wildman–Crippen LogP) is 2.09. The zero-order valence-corrected chi connectivity index (χ0v) is 12.6. The Labute approximate surface area is 125 Å². The fraction of sp³-hybridized carbons (Fsp3) is 0.182. The Morgan fingerprint density at radius 1 is 1.43 bits per heavy atom. The van der Waals surface area contributed by atoms with Gasteiger partial charge >= 0.3 is 0 Å². The van der Waals surface area contributed by atoms with Gasteiger partial charge in [-0.3, -0.25) is 19.5 Å². The third-order valence-corrected chi connectivity index (χ3v) is 4.75. The highest BCUT2D eigenvalue weighted by Gasteiger charge is 2.25. The third-order valence-electron chi connectivity index (χ3n) is 2.68. The average Bonchev–Trinajstić information content (AvgIpc) is 2.63. The van der Waals surface area contributed by atoms with Crippen molar-refractivity contribution in [3.63, 3.8) is 0 Å². The molecule has 21 heavy (non-hydrogen) atoms. The number of rotatable bonds is 4. The van der Waals surface area contributed by atoms with Crippen LogP contribution in [0.3, 0.4) is 0 Å². The highest BCUT2D eigenvalue weighted by atomic mass is 35.5. The quantitative estimate of drug-likeness (QED) is 0.682. The molecule has 0 saturated carbocycles. The number of nitro benzene ring substituents is 1. The SMILES string of the molecule is Cc1nn(C)c(Cl)c1S(=O)(=O)Nc1cccc([N+](=O)[O-])c1. The highest BCUT2D eigenvalue weighted by molar-refractivity contribution is 7.92. The van der Waals surface area contributed by atoms with Gasteiger partial charge in [0, 0.05) is 19.2 Å². The minimum atomic E-state index is -3.98. The molecule has 2 rings (SSSR count). The summed E-state index contributed by atoms with van der Waals surface area (Å²) in [6.07, 6.45) is 0. The lowest BCUT2D eigenvalue weighted by molar-refractivity contribution is -0.384. The zero-order valence-electron chi connectivity index (χ0n) is 11.1. The first-order valence-corrected chi connectivity index (χ1v) is 7.55. The molecule has 0 radical (unpaired) electrons. The van der Waals surface area contributed by atoms with Crippen LogP contribution in [0, 0.1) is 17.0 Å². The van der Waals surface area contributed by atoms with Gasteiger partial charge in [0.15, 0.2) is 0 Å². The Hall–Kier alpha value is -2.13. The number of halogens is 1. The molecule has 0 unspecified atom stereocenters. The van der Waals surface area contributed by atoms with E-state index in [9.17, 15) is 18.5 Å². The van der Waals surface area contributed by atoms with Gasteiger partial charge < -0.3 is 0 Å². The standard InChI is InChI=1S/C11H11ClN4O4S/c1-7-10(11(12)15(2)13-7)21(19,20)14-8-4-3-5-9(6-8)16(17)18/h3-6,14H,1-2H3. The molecular formula is C11H11ClN4O4S. The predicted molar refractivity (Wildman–Crippen MR) is 76.9 cm³/mol. The summed E-state index contributed by atoms with van der Waals surface area (Å²) >= 11 is 5.92. The molecule has 0 aliphatic carbocycles. The third kappa shape index (κ3) is 2.98. The van der Waals surface area contributed by atoms with Gasteiger partial charge in [-0.25, -0.2) is 8.42 Å². The van der Waals surface area contributed by atoms with Crippen molar-refractivity contribution in [3.05, 3.63) is 45.2 Å². The lowest BCUT2D eigenvalue weighted by atomic mass is 10.3. The second kappa shape index (κ2) is 5.34. The molecule has 0 spiro atoms. The van der Waals surface area contributed by atoms with Crippen molar-refractivity contribution in [1.29, 1.82) is 0 Å². The number of non-ortho nitro benzene ring substituents is 1. The van der Waals surface area contributed by atoms with Crippen molar-refractivity contribution in [3.8, 4) is 0 Å². The molecule has 8 nitrogen and oxygen atoms in total. The van der Waals surface area contributed by atoms with E-state index < -0.39 is 14.9 Å². The molecule has 0 saturated heterocycles. The molecule has 0 aliphatic heterocycles. The summed E-state index contributed by atoms with van der Waals surface area (Å²) in [5, 5.41) is 14.6. The maximum absolute atomic E-state index is 12.3. The van der Waals surface area contributed by atoms with Gasteiger partial charge in [-0.05, 0) is 13.0 Å². The van der Waals surface area contributed by atoms with E-state index in [1.54, 1.807) is 0 Å². The van der Waals surface area contributed by atoms with Gasteiger partial charge in [0.2, 0.25) is 0 Å². The van der Waals surface area contributed by atoms with Crippen LogP contribution in [0.1, 0.15) is 5.69 Å². The molecule has 1 heterocycles. The van der Waals surface area contributed by atoms with Crippen LogP contribution < -0.4 is 4.72 Å². The maximum atomic E-state index is 12.3. The Bertz CT molecular complexity index is 816. The number of hydrogen-bond acceptors (Lipinski definition) is 5. The van der Waals surface area contributed by atoms with Crippen LogP contribution >= 0.6 is 11.6 Å².